The highest BCUT2D eigenvalue weighted by atomic mass is 35.5. The molecule has 0 N–H and O–H groups in total. The highest BCUT2D eigenvalue weighted by Gasteiger charge is 2.18. The summed E-state index contributed by atoms with van der Waals surface area (Å²) in [6, 6.07) is 21.9. The van der Waals surface area contributed by atoms with Crippen molar-refractivity contribution in [1.82, 2.24) is 4.98 Å². The zero-order valence-corrected chi connectivity index (χ0v) is 12.8. The van der Waals surface area contributed by atoms with E-state index < -0.39 is 0 Å². The largest absolute Gasteiger partial charge is 0.234 e. The molecule has 0 fully saturated rings. The molecular weight excluding hydrogens is 292 g/mol. The van der Waals surface area contributed by atoms with Crippen molar-refractivity contribution in [2.45, 2.75) is 6.92 Å². The summed E-state index contributed by atoms with van der Waals surface area (Å²) in [5.74, 6) is 0. The minimum absolute atomic E-state index is 0.241. The number of hydrogen-bond acceptors (Lipinski definition) is 2. The third-order valence-corrected chi connectivity index (χ3v) is 3.89. The minimum Gasteiger partial charge on any atom is -0.234 e. The third kappa shape index (κ3) is 2.47. The number of pyridine rings is 1. The highest BCUT2D eigenvalue weighted by Crippen LogP contribution is 2.36. The molecule has 0 atom stereocenters. The fourth-order valence-electron chi connectivity index (χ4n) is 2.59. The van der Waals surface area contributed by atoms with Gasteiger partial charge in [0.2, 0.25) is 0 Å². The van der Waals surface area contributed by atoms with E-state index in [1.54, 1.807) is 0 Å². The summed E-state index contributed by atoms with van der Waals surface area (Å²) in [4.78, 5) is 4.44. The van der Waals surface area contributed by atoms with Crippen LogP contribution in [0.5, 0.6) is 0 Å². The monoisotopic (exact) mass is 304 g/mol. The van der Waals surface area contributed by atoms with E-state index in [2.05, 4.69) is 11.1 Å². The first-order chi connectivity index (χ1) is 10.7. The normalized spacial score (nSPS) is 10.2. The molecule has 0 saturated heterocycles. The predicted molar refractivity (Wildman–Crippen MR) is 89.6 cm³/mol. The van der Waals surface area contributed by atoms with Crippen LogP contribution in [-0.2, 0) is 0 Å². The Morgan fingerprint density at radius 1 is 0.909 bits per heavy atom. The van der Waals surface area contributed by atoms with Crippen LogP contribution in [0.2, 0.25) is 5.15 Å². The molecule has 0 aliphatic rings. The summed E-state index contributed by atoms with van der Waals surface area (Å²) in [6.45, 7) is 1.98. The Labute approximate surface area is 134 Å². The molecule has 2 nitrogen and oxygen atoms in total. The topological polar surface area (TPSA) is 36.7 Å². The van der Waals surface area contributed by atoms with Crippen LogP contribution in [0.4, 0.5) is 0 Å². The summed E-state index contributed by atoms with van der Waals surface area (Å²) in [5, 5.41) is 9.71. The van der Waals surface area contributed by atoms with Crippen LogP contribution in [0.1, 0.15) is 11.1 Å². The standard InChI is InChI=1S/C19H13ClN2/c1-13-17(14-8-4-2-5-9-14)16(12-21)19(20)22-18(13)15-10-6-3-7-11-15/h2-11H,1H3. The lowest BCUT2D eigenvalue weighted by atomic mass is 9.93. The molecule has 0 saturated carbocycles. The second kappa shape index (κ2) is 6.01. The molecule has 22 heavy (non-hydrogen) atoms. The quantitative estimate of drug-likeness (QED) is 0.606. The molecule has 0 aliphatic carbocycles. The molecule has 3 heteroatoms. The van der Waals surface area contributed by atoms with Gasteiger partial charge in [-0.25, -0.2) is 4.98 Å². The van der Waals surface area contributed by atoms with Gasteiger partial charge < -0.3 is 0 Å². The molecule has 1 heterocycles. The fourth-order valence-corrected chi connectivity index (χ4v) is 2.81. The molecule has 0 bridgehead atoms. The van der Waals surface area contributed by atoms with Crippen molar-refractivity contribution in [2.24, 2.45) is 0 Å². The van der Waals surface area contributed by atoms with Crippen molar-refractivity contribution in [3.05, 3.63) is 76.9 Å². The molecule has 0 unspecified atom stereocenters. The molecule has 0 aliphatic heterocycles. The number of nitriles is 1. The van der Waals surface area contributed by atoms with E-state index in [9.17, 15) is 5.26 Å². The van der Waals surface area contributed by atoms with Gasteiger partial charge in [-0.15, -0.1) is 0 Å². The van der Waals surface area contributed by atoms with Crippen molar-refractivity contribution in [2.75, 3.05) is 0 Å². The van der Waals surface area contributed by atoms with Crippen LogP contribution in [0, 0.1) is 18.3 Å². The Bertz CT molecular complexity index is 850. The second-order valence-corrected chi connectivity index (χ2v) is 5.33. The molecule has 3 aromatic rings. The average Bonchev–Trinajstić information content (AvgIpc) is 2.57. The Morgan fingerprint density at radius 2 is 1.45 bits per heavy atom. The van der Waals surface area contributed by atoms with E-state index in [0.717, 1.165) is 27.9 Å². The van der Waals surface area contributed by atoms with E-state index in [0.29, 0.717) is 5.56 Å². The Hall–Kier alpha value is -2.63. The van der Waals surface area contributed by atoms with E-state index in [1.165, 1.54) is 0 Å². The first-order valence-electron chi connectivity index (χ1n) is 6.93. The fraction of sp³-hybridized carbons (Fsp3) is 0.0526. The Morgan fingerprint density at radius 3 is 2.00 bits per heavy atom. The maximum atomic E-state index is 9.47. The van der Waals surface area contributed by atoms with Crippen LogP contribution in [0.25, 0.3) is 22.4 Å². The van der Waals surface area contributed by atoms with Gasteiger partial charge in [0.05, 0.1) is 11.3 Å². The van der Waals surface area contributed by atoms with Gasteiger partial charge in [-0.05, 0) is 18.1 Å². The van der Waals surface area contributed by atoms with Gasteiger partial charge in [0.15, 0.2) is 0 Å². The van der Waals surface area contributed by atoms with E-state index in [4.69, 9.17) is 11.6 Å². The van der Waals surface area contributed by atoms with Crippen LogP contribution >= 0.6 is 11.6 Å². The number of nitrogens with zero attached hydrogens (tertiary/aromatic N) is 2. The molecule has 106 valence electrons. The first-order valence-corrected chi connectivity index (χ1v) is 7.31. The molecule has 0 radical (unpaired) electrons. The maximum absolute atomic E-state index is 9.47. The smallest absolute Gasteiger partial charge is 0.148 e. The summed E-state index contributed by atoms with van der Waals surface area (Å²) < 4.78 is 0. The van der Waals surface area contributed by atoms with Gasteiger partial charge in [-0.3, -0.25) is 0 Å². The summed E-state index contributed by atoms with van der Waals surface area (Å²) in [7, 11) is 0. The van der Waals surface area contributed by atoms with E-state index in [-0.39, 0.29) is 5.15 Å². The Kier molecular flexibility index (Phi) is 3.91. The summed E-state index contributed by atoms with van der Waals surface area (Å²) in [5.41, 5.74) is 5.00. The molecular formula is C19H13ClN2. The van der Waals surface area contributed by atoms with Gasteiger partial charge in [-0.1, -0.05) is 72.3 Å². The van der Waals surface area contributed by atoms with Crippen molar-refractivity contribution in [1.29, 1.82) is 5.26 Å². The molecule has 2 aromatic carbocycles. The molecule has 3 rings (SSSR count). The number of halogens is 1. The van der Waals surface area contributed by atoms with Crippen molar-refractivity contribution in [3.8, 4) is 28.5 Å². The number of benzene rings is 2. The summed E-state index contributed by atoms with van der Waals surface area (Å²) in [6.07, 6.45) is 0. The van der Waals surface area contributed by atoms with Crippen molar-refractivity contribution < 1.29 is 0 Å². The lowest BCUT2D eigenvalue weighted by Crippen LogP contribution is -1.98. The molecule has 0 amide bonds. The number of aromatic nitrogens is 1. The van der Waals surface area contributed by atoms with Gasteiger partial charge >= 0.3 is 0 Å². The Balaban J connectivity index is 2.34. The van der Waals surface area contributed by atoms with Crippen molar-refractivity contribution in [3.63, 3.8) is 0 Å². The zero-order chi connectivity index (χ0) is 15.5. The van der Waals surface area contributed by atoms with E-state index in [1.807, 2.05) is 67.6 Å². The van der Waals surface area contributed by atoms with Gasteiger partial charge in [0.1, 0.15) is 11.2 Å². The SMILES string of the molecule is Cc1c(-c2ccccc2)nc(Cl)c(C#N)c1-c1ccccc1. The van der Waals surface area contributed by atoms with Crippen molar-refractivity contribution >= 4 is 11.6 Å². The second-order valence-electron chi connectivity index (χ2n) is 4.97. The third-order valence-electron chi connectivity index (χ3n) is 3.62. The van der Waals surface area contributed by atoms with Crippen LogP contribution in [-0.4, -0.2) is 4.98 Å². The number of rotatable bonds is 2. The summed E-state index contributed by atoms with van der Waals surface area (Å²) >= 11 is 6.27. The maximum Gasteiger partial charge on any atom is 0.148 e. The van der Waals surface area contributed by atoms with Gasteiger partial charge in [0, 0.05) is 11.1 Å². The first kappa shape index (κ1) is 14.3. The number of hydrogen-bond donors (Lipinski definition) is 0. The average molecular weight is 305 g/mol. The van der Waals surface area contributed by atoms with E-state index >= 15 is 0 Å². The van der Waals surface area contributed by atoms with Gasteiger partial charge in [-0.2, -0.15) is 5.26 Å². The van der Waals surface area contributed by atoms with Crippen LogP contribution < -0.4 is 0 Å². The predicted octanol–water partition coefficient (Wildman–Crippen LogP) is 5.25. The van der Waals surface area contributed by atoms with Crippen LogP contribution in [0.3, 0.4) is 0 Å². The lowest BCUT2D eigenvalue weighted by molar-refractivity contribution is 1.25. The van der Waals surface area contributed by atoms with Crippen LogP contribution in [0.15, 0.2) is 60.7 Å². The minimum atomic E-state index is 0.241. The zero-order valence-electron chi connectivity index (χ0n) is 12.0. The molecule has 1 aromatic heterocycles. The highest BCUT2D eigenvalue weighted by molar-refractivity contribution is 6.31. The van der Waals surface area contributed by atoms with Gasteiger partial charge in [0.25, 0.3) is 0 Å². The molecule has 0 spiro atoms. The lowest BCUT2D eigenvalue weighted by Gasteiger charge is -2.14.